The summed E-state index contributed by atoms with van der Waals surface area (Å²) in [5.74, 6) is 0. The predicted octanol–water partition coefficient (Wildman–Crippen LogP) is -0.575. The Morgan fingerprint density at radius 1 is 1.71 bits per heavy atom. The number of hydrogen-bond donors (Lipinski definition) is 3. The molecule has 0 aromatic carbocycles. The van der Waals surface area contributed by atoms with Gasteiger partial charge in [0.05, 0.1) is 12.5 Å². The van der Waals surface area contributed by atoms with Crippen molar-refractivity contribution in [2.45, 2.75) is 24.4 Å². The number of nitrogens with zero attached hydrogens (tertiary/aromatic N) is 1. The number of aromatic amines is 1. The van der Waals surface area contributed by atoms with E-state index in [9.17, 15) is 8.42 Å². The Kier molecular flexibility index (Phi) is 3.62. The van der Waals surface area contributed by atoms with Crippen molar-refractivity contribution >= 4 is 10.0 Å². The molecule has 1 aromatic rings. The van der Waals surface area contributed by atoms with Gasteiger partial charge in [0.15, 0.2) is 5.03 Å². The molecular formula is C7H14N4O2S. The van der Waals surface area contributed by atoms with Crippen molar-refractivity contribution in [3.05, 3.63) is 12.5 Å². The first-order valence-electron chi connectivity index (χ1n) is 4.26. The largest absolute Gasteiger partial charge is 0.335 e. The second-order valence-electron chi connectivity index (χ2n) is 3.08. The molecule has 4 N–H and O–H groups in total. The molecule has 1 heterocycles. The molecule has 0 aliphatic rings. The van der Waals surface area contributed by atoms with E-state index in [0.717, 1.165) is 0 Å². The number of rotatable bonds is 5. The summed E-state index contributed by atoms with van der Waals surface area (Å²) in [6.07, 6.45) is 3.18. The highest BCUT2D eigenvalue weighted by Gasteiger charge is 2.14. The van der Waals surface area contributed by atoms with Gasteiger partial charge >= 0.3 is 0 Å². The molecule has 0 bridgehead atoms. The van der Waals surface area contributed by atoms with Crippen LogP contribution < -0.4 is 10.5 Å². The normalized spacial score (nSPS) is 14.1. The lowest BCUT2D eigenvalue weighted by Crippen LogP contribution is -2.29. The SMILES string of the molecule is CC(N)CCNS(=O)(=O)c1cnc[nH]1. The van der Waals surface area contributed by atoms with Crippen molar-refractivity contribution in [3.8, 4) is 0 Å². The molecular weight excluding hydrogens is 204 g/mol. The fourth-order valence-electron chi connectivity index (χ4n) is 0.889. The van der Waals surface area contributed by atoms with E-state index >= 15 is 0 Å². The van der Waals surface area contributed by atoms with Gasteiger partial charge in [0, 0.05) is 12.6 Å². The highest BCUT2D eigenvalue weighted by atomic mass is 32.2. The number of nitrogens with one attached hydrogen (secondary N) is 2. The van der Waals surface area contributed by atoms with Gasteiger partial charge in [-0.1, -0.05) is 0 Å². The van der Waals surface area contributed by atoms with Gasteiger partial charge in [-0.15, -0.1) is 0 Å². The maximum Gasteiger partial charge on any atom is 0.257 e. The molecule has 6 nitrogen and oxygen atoms in total. The van der Waals surface area contributed by atoms with Gasteiger partial charge in [0.2, 0.25) is 0 Å². The van der Waals surface area contributed by atoms with E-state index in [1.165, 1.54) is 12.5 Å². The number of nitrogens with two attached hydrogens (primary N) is 1. The molecule has 0 radical (unpaired) electrons. The maximum absolute atomic E-state index is 11.5. The van der Waals surface area contributed by atoms with Gasteiger partial charge in [-0.25, -0.2) is 18.1 Å². The lowest BCUT2D eigenvalue weighted by Gasteiger charge is -2.06. The molecule has 0 fully saturated rings. The zero-order chi connectivity index (χ0) is 10.6. The molecule has 1 rings (SSSR count). The van der Waals surface area contributed by atoms with Gasteiger partial charge in [-0.3, -0.25) is 0 Å². The molecule has 80 valence electrons. The van der Waals surface area contributed by atoms with Crippen LogP contribution in [0.3, 0.4) is 0 Å². The maximum atomic E-state index is 11.5. The molecule has 0 aliphatic carbocycles. The lowest BCUT2D eigenvalue weighted by molar-refractivity contribution is 0.569. The summed E-state index contributed by atoms with van der Waals surface area (Å²) in [6, 6.07) is -0.0144. The van der Waals surface area contributed by atoms with E-state index in [1.54, 1.807) is 0 Å². The Hall–Kier alpha value is -0.920. The second-order valence-corrected chi connectivity index (χ2v) is 4.81. The summed E-state index contributed by atoms with van der Waals surface area (Å²) in [4.78, 5) is 6.15. The zero-order valence-electron chi connectivity index (χ0n) is 7.90. The summed E-state index contributed by atoms with van der Waals surface area (Å²) in [7, 11) is -3.44. The Labute approximate surface area is 83.0 Å². The van der Waals surface area contributed by atoms with Gasteiger partial charge in [-0.05, 0) is 13.3 Å². The smallest absolute Gasteiger partial charge is 0.257 e. The van der Waals surface area contributed by atoms with Gasteiger partial charge in [0.1, 0.15) is 0 Å². The molecule has 0 aliphatic heterocycles. The molecule has 1 atom stereocenters. The van der Waals surface area contributed by atoms with Crippen LogP contribution >= 0.6 is 0 Å². The molecule has 1 aromatic heterocycles. The molecule has 0 saturated heterocycles. The van der Waals surface area contributed by atoms with Crippen molar-refractivity contribution in [1.82, 2.24) is 14.7 Å². The van der Waals surface area contributed by atoms with Crippen molar-refractivity contribution < 1.29 is 8.42 Å². The summed E-state index contributed by atoms with van der Waals surface area (Å²) < 4.78 is 25.3. The van der Waals surface area contributed by atoms with Crippen LogP contribution in [0.5, 0.6) is 0 Å². The molecule has 1 unspecified atom stereocenters. The topological polar surface area (TPSA) is 101 Å². The monoisotopic (exact) mass is 218 g/mol. The van der Waals surface area contributed by atoms with Crippen LogP contribution in [-0.4, -0.2) is 31.0 Å². The van der Waals surface area contributed by atoms with Crippen molar-refractivity contribution in [1.29, 1.82) is 0 Å². The van der Waals surface area contributed by atoms with Gasteiger partial charge < -0.3 is 10.7 Å². The Morgan fingerprint density at radius 3 is 2.93 bits per heavy atom. The first-order valence-corrected chi connectivity index (χ1v) is 5.74. The summed E-state index contributed by atoms with van der Waals surface area (Å²) in [6.45, 7) is 2.16. The molecule has 0 amide bonds. The standard InChI is InChI=1S/C7H14N4O2S/c1-6(8)2-3-11-14(12,13)7-4-9-5-10-7/h4-6,11H,2-3,8H2,1H3,(H,9,10). The van der Waals surface area contributed by atoms with Crippen molar-refractivity contribution in [3.63, 3.8) is 0 Å². The minimum Gasteiger partial charge on any atom is -0.335 e. The Morgan fingerprint density at radius 2 is 2.43 bits per heavy atom. The van der Waals surface area contributed by atoms with Crippen LogP contribution in [0.1, 0.15) is 13.3 Å². The first-order chi connectivity index (χ1) is 6.52. The fraction of sp³-hybridized carbons (Fsp3) is 0.571. The average Bonchev–Trinajstić information content (AvgIpc) is 2.54. The lowest BCUT2D eigenvalue weighted by atomic mass is 10.3. The summed E-state index contributed by atoms with van der Waals surface area (Å²) >= 11 is 0. The average molecular weight is 218 g/mol. The van der Waals surface area contributed by atoms with E-state index in [-0.39, 0.29) is 11.1 Å². The van der Waals surface area contributed by atoms with E-state index in [1.807, 2.05) is 6.92 Å². The quantitative estimate of drug-likeness (QED) is 0.615. The third-order valence-electron chi connectivity index (χ3n) is 1.65. The van der Waals surface area contributed by atoms with Crippen LogP contribution in [0, 0.1) is 0 Å². The summed E-state index contributed by atoms with van der Waals surface area (Å²) in [5.41, 5.74) is 5.49. The minimum atomic E-state index is -3.44. The Bertz CT molecular complexity index is 357. The van der Waals surface area contributed by atoms with Crippen LogP contribution in [0.2, 0.25) is 0 Å². The van der Waals surface area contributed by atoms with Crippen molar-refractivity contribution in [2.75, 3.05) is 6.54 Å². The second kappa shape index (κ2) is 4.54. The molecule has 0 spiro atoms. The van der Waals surface area contributed by atoms with E-state index < -0.39 is 10.0 Å². The van der Waals surface area contributed by atoms with E-state index in [4.69, 9.17) is 5.73 Å². The highest BCUT2D eigenvalue weighted by Crippen LogP contribution is 2.01. The van der Waals surface area contributed by atoms with E-state index in [0.29, 0.717) is 13.0 Å². The first kappa shape index (κ1) is 11.2. The fourth-order valence-corrected chi connectivity index (χ4v) is 1.84. The number of H-pyrrole nitrogens is 1. The number of aromatic nitrogens is 2. The van der Waals surface area contributed by atoms with Gasteiger partial charge in [-0.2, -0.15) is 0 Å². The van der Waals surface area contributed by atoms with Gasteiger partial charge in [0.25, 0.3) is 10.0 Å². The van der Waals surface area contributed by atoms with Crippen LogP contribution in [-0.2, 0) is 10.0 Å². The van der Waals surface area contributed by atoms with Crippen LogP contribution in [0.25, 0.3) is 0 Å². The third-order valence-corrected chi connectivity index (χ3v) is 3.04. The highest BCUT2D eigenvalue weighted by molar-refractivity contribution is 7.89. The van der Waals surface area contributed by atoms with Crippen molar-refractivity contribution in [2.24, 2.45) is 5.73 Å². The Balaban J connectivity index is 2.52. The number of hydrogen-bond acceptors (Lipinski definition) is 4. The third kappa shape index (κ3) is 3.09. The number of sulfonamides is 1. The predicted molar refractivity (Wildman–Crippen MR) is 52.0 cm³/mol. The number of imidazole rings is 1. The molecule has 0 saturated carbocycles. The van der Waals surface area contributed by atoms with Crippen LogP contribution in [0.15, 0.2) is 17.6 Å². The molecule has 7 heteroatoms. The zero-order valence-corrected chi connectivity index (χ0v) is 8.71. The minimum absolute atomic E-state index is 0.0144. The van der Waals surface area contributed by atoms with E-state index in [2.05, 4.69) is 14.7 Å². The summed E-state index contributed by atoms with van der Waals surface area (Å²) in [5, 5.41) is 0.0715. The molecule has 14 heavy (non-hydrogen) atoms. The van der Waals surface area contributed by atoms with Crippen LogP contribution in [0.4, 0.5) is 0 Å².